The van der Waals surface area contributed by atoms with Crippen LogP contribution in [-0.2, 0) is 0 Å². The first-order chi connectivity index (χ1) is 6.45. The van der Waals surface area contributed by atoms with Crippen LogP contribution in [-0.4, -0.2) is 22.6 Å². The molecule has 1 aliphatic heterocycles. The van der Waals surface area contributed by atoms with Crippen molar-refractivity contribution in [2.24, 2.45) is 0 Å². The summed E-state index contributed by atoms with van der Waals surface area (Å²) in [4.78, 5) is 7.79. The van der Waals surface area contributed by atoms with Gasteiger partial charge in [0.25, 0.3) is 0 Å². The Hall–Kier alpha value is -1.40. The summed E-state index contributed by atoms with van der Waals surface area (Å²) in [7, 11) is 0. The predicted octanol–water partition coefficient (Wildman–Crippen LogP) is 0.580. The molecule has 0 bridgehead atoms. The second-order valence-corrected chi connectivity index (χ2v) is 3.05. The van der Waals surface area contributed by atoms with Gasteiger partial charge in [-0.15, -0.1) is 0 Å². The first-order valence-electron chi connectivity index (χ1n) is 4.45. The van der Waals surface area contributed by atoms with Gasteiger partial charge in [-0.2, -0.15) is 0 Å². The van der Waals surface area contributed by atoms with E-state index in [1.54, 1.807) is 12.4 Å². The molecule has 66 valence electrons. The van der Waals surface area contributed by atoms with E-state index >= 15 is 0 Å². The van der Waals surface area contributed by atoms with Gasteiger partial charge in [-0.1, -0.05) is 11.8 Å². The minimum atomic E-state index is 0.361. The average Bonchev–Trinajstić information content (AvgIpc) is 2.69. The van der Waals surface area contributed by atoms with Crippen molar-refractivity contribution in [3.63, 3.8) is 0 Å². The summed E-state index contributed by atoms with van der Waals surface area (Å²) in [6, 6.07) is 0.361. The van der Waals surface area contributed by atoms with Crippen LogP contribution >= 0.6 is 0 Å². The zero-order valence-corrected chi connectivity index (χ0v) is 7.33. The zero-order chi connectivity index (χ0) is 8.93. The maximum Gasteiger partial charge on any atom is 0.115 e. The maximum atomic E-state index is 3.90. The zero-order valence-electron chi connectivity index (χ0n) is 7.33. The van der Waals surface area contributed by atoms with E-state index in [0.29, 0.717) is 6.04 Å². The lowest BCUT2D eigenvalue weighted by Gasteiger charge is -1.97. The number of rotatable bonds is 0. The molecule has 3 heteroatoms. The highest BCUT2D eigenvalue weighted by Gasteiger charge is 2.09. The van der Waals surface area contributed by atoms with Gasteiger partial charge >= 0.3 is 0 Å². The van der Waals surface area contributed by atoms with Crippen LogP contribution < -0.4 is 5.32 Å². The summed E-state index contributed by atoms with van der Waals surface area (Å²) in [5.74, 6) is 6.21. The van der Waals surface area contributed by atoms with Crippen molar-refractivity contribution in [2.45, 2.75) is 18.9 Å². The molecule has 0 saturated carbocycles. The third-order valence-corrected chi connectivity index (χ3v) is 2.01. The predicted molar refractivity (Wildman–Crippen MR) is 49.9 cm³/mol. The molecule has 0 spiro atoms. The summed E-state index contributed by atoms with van der Waals surface area (Å²) in [5, 5.41) is 3.31. The third-order valence-electron chi connectivity index (χ3n) is 2.01. The van der Waals surface area contributed by atoms with E-state index in [-0.39, 0.29) is 0 Å². The molecule has 1 saturated heterocycles. The molecule has 0 amide bonds. The maximum absolute atomic E-state index is 3.90. The largest absolute Gasteiger partial charge is 0.304 e. The molecule has 1 fully saturated rings. The molecule has 0 aromatic carbocycles. The SMILES string of the molecule is C(#C[C@@H]1CCCN1)c1cncnc1. The minimum absolute atomic E-state index is 0.361. The molecule has 13 heavy (non-hydrogen) atoms. The fraction of sp³-hybridized carbons (Fsp3) is 0.400. The second kappa shape index (κ2) is 4.01. The van der Waals surface area contributed by atoms with Crippen LogP contribution in [0.25, 0.3) is 0 Å². The van der Waals surface area contributed by atoms with E-state index in [1.807, 2.05) is 0 Å². The Labute approximate surface area is 77.6 Å². The molecular formula is C10H11N3. The van der Waals surface area contributed by atoms with Crippen LogP contribution in [0.3, 0.4) is 0 Å². The highest BCUT2D eigenvalue weighted by molar-refractivity contribution is 5.30. The standard InChI is InChI=1S/C10H11N3/c1-2-10(13-5-1)4-3-9-6-11-8-12-7-9/h6-8,10,13H,1-2,5H2/t10-/m0/s1. The molecule has 1 aromatic heterocycles. The average molecular weight is 173 g/mol. The summed E-state index contributed by atoms with van der Waals surface area (Å²) in [5.41, 5.74) is 0.885. The molecule has 0 radical (unpaired) electrons. The van der Waals surface area contributed by atoms with Crippen molar-refractivity contribution in [3.8, 4) is 11.8 Å². The second-order valence-electron chi connectivity index (χ2n) is 3.05. The third kappa shape index (κ3) is 2.27. The fourth-order valence-electron chi connectivity index (χ4n) is 1.34. The van der Waals surface area contributed by atoms with Crippen molar-refractivity contribution in [1.82, 2.24) is 15.3 Å². The first-order valence-corrected chi connectivity index (χ1v) is 4.45. The molecule has 1 N–H and O–H groups in total. The van der Waals surface area contributed by atoms with Gasteiger partial charge in [0, 0.05) is 12.4 Å². The van der Waals surface area contributed by atoms with E-state index in [2.05, 4.69) is 27.1 Å². The van der Waals surface area contributed by atoms with Gasteiger partial charge in [-0.3, -0.25) is 0 Å². The van der Waals surface area contributed by atoms with Crippen molar-refractivity contribution < 1.29 is 0 Å². The van der Waals surface area contributed by atoms with Crippen LogP contribution in [0.15, 0.2) is 18.7 Å². The number of nitrogens with zero attached hydrogens (tertiary/aromatic N) is 2. The van der Waals surface area contributed by atoms with Gasteiger partial charge in [0.05, 0.1) is 11.6 Å². The molecule has 1 atom stereocenters. The minimum Gasteiger partial charge on any atom is -0.304 e. The van der Waals surface area contributed by atoms with Crippen LogP contribution in [0.2, 0.25) is 0 Å². The van der Waals surface area contributed by atoms with Crippen LogP contribution in [0.4, 0.5) is 0 Å². The van der Waals surface area contributed by atoms with Crippen LogP contribution in [0.5, 0.6) is 0 Å². The van der Waals surface area contributed by atoms with Gasteiger partial charge < -0.3 is 5.32 Å². The fourth-order valence-corrected chi connectivity index (χ4v) is 1.34. The van der Waals surface area contributed by atoms with Gasteiger partial charge in [-0.05, 0) is 19.4 Å². The van der Waals surface area contributed by atoms with Crippen molar-refractivity contribution in [2.75, 3.05) is 6.54 Å². The Morgan fingerprint density at radius 2 is 2.23 bits per heavy atom. The smallest absolute Gasteiger partial charge is 0.115 e. The van der Waals surface area contributed by atoms with Crippen LogP contribution in [0, 0.1) is 11.8 Å². The van der Waals surface area contributed by atoms with E-state index in [4.69, 9.17) is 0 Å². The van der Waals surface area contributed by atoms with Gasteiger partial charge in [0.2, 0.25) is 0 Å². The Balaban J connectivity index is 2.03. The Morgan fingerprint density at radius 3 is 2.92 bits per heavy atom. The monoisotopic (exact) mass is 173 g/mol. The molecule has 3 nitrogen and oxygen atoms in total. The topological polar surface area (TPSA) is 37.8 Å². The first kappa shape index (κ1) is 8.21. The molecule has 0 aliphatic carbocycles. The molecule has 2 heterocycles. The van der Waals surface area contributed by atoms with Gasteiger partial charge in [0.1, 0.15) is 6.33 Å². The van der Waals surface area contributed by atoms with Crippen molar-refractivity contribution in [1.29, 1.82) is 0 Å². The summed E-state index contributed by atoms with van der Waals surface area (Å²) >= 11 is 0. The highest BCUT2D eigenvalue weighted by Crippen LogP contribution is 2.03. The Kier molecular flexibility index (Phi) is 2.54. The van der Waals surface area contributed by atoms with Crippen molar-refractivity contribution in [3.05, 3.63) is 24.3 Å². The van der Waals surface area contributed by atoms with E-state index in [1.165, 1.54) is 12.7 Å². The van der Waals surface area contributed by atoms with Crippen LogP contribution in [0.1, 0.15) is 18.4 Å². The normalized spacial score (nSPS) is 20.8. The molecule has 0 unspecified atom stereocenters. The summed E-state index contributed by atoms with van der Waals surface area (Å²) in [6.45, 7) is 1.09. The quantitative estimate of drug-likeness (QED) is 0.583. The molecular weight excluding hydrogens is 162 g/mol. The van der Waals surface area contributed by atoms with E-state index < -0.39 is 0 Å². The Morgan fingerprint density at radius 1 is 1.38 bits per heavy atom. The summed E-state index contributed by atoms with van der Waals surface area (Å²) < 4.78 is 0. The number of aromatic nitrogens is 2. The number of hydrogen-bond acceptors (Lipinski definition) is 3. The number of nitrogens with one attached hydrogen (secondary N) is 1. The lowest BCUT2D eigenvalue weighted by Crippen LogP contribution is -2.18. The summed E-state index contributed by atoms with van der Waals surface area (Å²) in [6.07, 6.45) is 7.36. The van der Waals surface area contributed by atoms with E-state index in [0.717, 1.165) is 18.5 Å². The van der Waals surface area contributed by atoms with Crippen molar-refractivity contribution >= 4 is 0 Å². The number of hydrogen-bond donors (Lipinski definition) is 1. The molecule has 2 rings (SSSR count). The molecule has 1 aliphatic rings. The highest BCUT2D eigenvalue weighted by atomic mass is 14.9. The lowest BCUT2D eigenvalue weighted by atomic mass is 10.2. The molecule has 1 aromatic rings. The van der Waals surface area contributed by atoms with Gasteiger partial charge in [-0.25, -0.2) is 9.97 Å². The van der Waals surface area contributed by atoms with Gasteiger partial charge in [0.15, 0.2) is 0 Å². The van der Waals surface area contributed by atoms with E-state index in [9.17, 15) is 0 Å². The Bertz CT molecular complexity index is 317. The lowest BCUT2D eigenvalue weighted by molar-refractivity contribution is 0.749.